The molecule has 0 saturated carbocycles. The average molecular weight is 271 g/mol. The highest BCUT2D eigenvalue weighted by Gasteiger charge is 2.26. The largest absolute Gasteiger partial charge is 0.477 e. The van der Waals surface area contributed by atoms with Gasteiger partial charge in [0.2, 0.25) is 0 Å². The maximum atomic E-state index is 11.5. The van der Waals surface area contributed by atoms with Gasteiger partial charge in [-0.25, -0.2) is 4.79 Å². The van der Waals surface area contributed by atoms with Crippen molar-refractivity contribution >= 4 is 11.8 Å². The second-order valence-electron chi connectivity index (χ2n) is 5.15. The number of fused-ring (bicyclic) bond motifs is 1. The molecular formula is C15H17N3O2. The third kappa shape index (κ3) is 1.95. The summed E-state index contributed by atoms with van der Waals surface area (Å²) in [4.78, 5) is 13.6. The van der Waals surface area contributed by atoms with Crippen LogP contribution in [-0.2, 0) is 20.0 Å². The molecule has 1 aromatic carbocycles. The van der Waals surface area contributed by atoms with Crippen molar-refractivity contribution in [3.63, 3.8) is 0 Å². The number of carboxylic acid groups (broad SMARTS) is 1. The molecular weight excluding hydrogens is 254 g/mol. The van der Waals surface area contributed by atoms with Crippen molar-refractivity contribution in [3.8, 4) is 0 Å². The molecule has 3 rings (SSSR count). The molecule has 0 saturated heterocycles. The molecule has 5 nitrogen and oxygen atoms in total. The first-order valence-corrected chi connectivity index (χ1v) is 6.66. The molecule has 0 amide bonds. The van der Waals surface area contributed by atoms with E-state index in [4.69, 9.17) is 0 Å². The summed E-state index contributed by atoms with van der Waals surface area (Å²) >= 11 is 0. The summed E-state index contributed by atoms with van der Waals surface area (Å²) in [6, 6.07) is 8.31. The van der Waals surface area contributed by atoms with Gasteiger partial charge in [-0.3, -0.25) is 4.68 Å². The zero-order valence-electron chi connectivity index (χ0n) is 11.6. The third-order valence-electron chi connectivity index (χ3n) is 3.84. The van der Waals surface area contributed by atoms with Gasteiger partial charge >= 0.3 is 5.97 Å². The van der Waals surface area contributed by atoms with Gasteiger partial charge in [0.05, 0.1) is 5.69 Å². The van der Waals surface area contributed by atoms with Crippen LogP contribution in [0, 0.1) is 6.92 Å². The highest BCUT2D eigenvalue weighted by molar-refractivity contribution is 5.94. The number of hydrogen-bond donors (Lipinski definition) is 1. The number of carboxylic acids is 1. The number of aromatic carboxylic acids is 1. The number of anilines is 1. The number of aromatic nitrogens is 2. The second kappa shape index (κ2) is 4.67. The van der Waals surface area contributed by atoms with E-state index in [0.717, 1.165) is 19.5 Å². The van der Waals surface area contributed by atoms with Gasteiger partial charge < -0.3 is 10.0 Å². The van der Waals surface area contributed by atoms with Gasteiger partial charge in [-0.15, -0.1) is 0 Å². The van der Waals surface area contributed by atoms with Crippen LogP contribution in [0.25, 0.3) is 0 Å². The molecule has 0 spiro atoms. The smallest absolute Gasteiger partial charge is 0.341 e. The summed E-state index contributed by atoms with van der Waals surface area (Å²) in [7, 11) is 1.80. The van der Waals surface area contributed by atoms with E-state index in [1.807, 2.05) is 12.1 Å². The molecule has 0 atom stereocenters. The van der Waals surface area contributed by atoms with E-state index in [9.17, 15) is 9.90 Å². The lowest BCUT2D eigenvalue weighted by Crippen LogP contribution is -2.32. The highest BCUT2D eigenvalue weighted by atomic mass is 16.4. The molecule has 0 fully saturated rings. The van der Waals surface area contributed by atoms with Crippen molar-refractivity contribution in [1.29, 1.82) is 0 Å². The summed E-state index contributed by atoms with van der Waals surface area (Å²) in [6.07, 6.45) is 0.930. The van der Waals surface area contributed by atoms with Crippen molar-refractivity contribution in [2.24, 2.45) is 7.05 Å². The molecule has 0 bridgehead atoms. The van der Waals surface area contributed by atoms with Crippen molar-refractivity contribution in [3.05, 3.63) is 46.6 Å². The topological polar surface area (TPSA) is 58.4 Å². The van der Waals surface area contributed by atoms with E-state index in [1.54, 1.807) is 18.7 Å². The first kappa shape index (κ1) is 12.7. The Morgan fingerprint density at radius 1 is 1.30 bits per heavy atom. The summed E-state index contributed by atoms with van der Waals surface area (Å²) < 4.78 is 1.67. The number of hydrogen-bond acceptors (Lipinski definition) is 3. The van der Waals surface area contributed by atoms with Crippen LogP contribution in [0.5, 0.6) is 0 Å². The molecule has 5 heteroatoms. The molecule has 2 aromatic rings. The van der Waals surface area contributed by atoms with E-state index < -0.39 is 5.97 Å². The fourth-order valence-corrected chi connectivity index (χ4v) is 2.94. The standard InChI is InChI=1S/C15H17N3O2/c1-10-13(15(19)20)14(17(2)16-10)18-8-7-11-5-3-4-6-12(11)9-18/h3-6H,7-9H2,1-2H3,(H,19,20). The Morgan fingerprint density at radius 2 is 2.00 bits per heavy atom. The van der Waals surface area contributed by atoms with Gasteiger partial charge in [-0.1, -0.05) is 24.3 Å². The van der Waals surface area contributed by atoms with Gasteiger partial charge in [0.15, 0.2) is 0 Å². The minimum atomic E-state index is -0.913. The molecule has 20 heavy (non-hydrogen) atoms. The van der Waals surface area contributed by atoms with E-state index in [2.05, 4.69) is 22.1 Å². The van der Waals surface area contributed by atoms with Crippen LogP contribution in [0.15, 0.2) is 24.3 Å². The number of rotatable bonds is 2. The SMILES string of the molecule is Cc1nn(C)c(N2CCc3ccccc3C2)c1C(=O)O. The Kier molecular flexibility index (Phi) is 2.97. The Bertz CT molecular complexity index is 676. The number of aryl methyl sites for hydroxylation is 2. The molecule has 2 heterocycles. The van der Waals surface area contributed by atoms with Crippen molar-refractivity contribution in [2.75, 3.05) is 11.4 Å². The summed E-state index contributed by atoms with van der Waals surface area (Å²) in [6.45, 7) is 3.29. The van der Waals surface area contributed by atoms with Crippen LogP contribution < -0.4 is 4.90 Å². The minimum absolute atomic E-state index is 0.312. The first-order valence-electron chi connectivity index (χ1n) is 6.66. The lowest BCUT2D eigenvalue weighted by atomic mass is 9.99. The predicted molar refractivity (Wildman–Crippen MR) is 76.1 cm³/mol. The van der Waals surface area contributed by atoms with E-state index in [0.29, 0.717) is 17.1 Å². The summed E-state index contributed by atoms with van der Waals surface area (Å²) in [5.74, 6) is -0.214. The van der Waals surface area contributed by atoms with Crippen LogP contribution in [0.4, 0.5) is 5.82 Å². The van der Waals surface area contributed by atoms with Crippen LogP contribution in [-0.4, -0.2) is 27.4 Å². The number of nitrogens with zero attached hydrogens (tertiary/aromatic N) is 3. The zero-order chi connectivity index (χ0) is 14.3. The normalized spacial score (nSPS) is 14.2. The Hall–Kier alpha value is -2.30. The molecule has 1 aliphatic heterocycles. The lowest BCUT2D eigenvalue weighted by molar-refractivity contribution is 0.0696. The summed E-state index contributed by atoms with van der Waals surface area (Å²) in [5.41, 5.74) is 3.48. The number of benzene rings is 1. The number of carbonyl (C=O) groups is 1. The Morgan fingerprint density at radius 3 is 2.70 bits per heavy atom. The van der Waals surface area contributed by atoms with Gasteiger partial charge in [0.25, 0.3) is 0 Å². The predicted octanol–water partition coefficient (Wildman–Crippen LogP) is 1.99. The maximum Gasteiger partial charge on any atom is 0.341 e. The second-order valence-corrected chi connectivity index (χ2v) is 5.15. The first-order chi connectivity index (χ1) is 9.58. The highest BCUT2D eigenvalue weighted by Crippen LogP contribution is 2.28. The third-order valence-corrected chi connectivity index (χ3v) is 3.84. The van der Waals surface area contributed by atoms with Gasteiger partial charge in [0.1, 0.15) is 11.4 Å². The maximum absolute atomic E-state index is 11.5. The monoisotopic (exact) mass is 271 g/mol. The van der Waals surface area contributed by atoms with Crippen molar-refractivity contribution in [2.45, 2.75) is 19.9 Å². The van der Waals surface area contributed by atoms with Gasteiger partial charge in [-0.2, -0.15) is 5.10 Å². The van der Waals surface area contributed by atoms with Crippen LogP contribution in [0.3, 0.4) is 0 Å². The van der Waals surface area contributed by atoms with Crippen LogP contribution in [0.1, 0.15) is 27.2 Å². The molecule has 0 aliphatic carbocycles. The van der Waals surface area contributed by atoms with E-state index >= 15 is 0 Å². The van der Waals surface area contributed by atoms with Crippen LogP contribution >= 0.6 is 0 Å². The molecule has 1 N–H and O–H groups in total. The molecule has 1 aromatic heterocycles. The van der Waals surface area contributed by atoms with E-state index in [1.165, 1.54) is 11.1 Å². The molecule has 1 aliphatic rings. The van der Waals surface area contributed by atoms with Crippen LogP contribution in [0.2, 0.25) is 0 Å². The molecule has 0 radical (unpaired) electrons. The minimum Gasteiger partial charge on any atom is -0.477 e. The fraction of sp³-hybridized carbons (Fsp3) is 0.333. The van der Waals surface area contributed by atoms with E-state index in [-0.39, 0.29) is 0 Å². The molecule has 0 unspecified atom stereocenters. The average Bonchev–Trinajstić information content (AvgIpc) is 2.73. The van der Waals surface area contributed by atoms with Gasteiger partial charge in [-0.05, 0) is 24.5 Å². The van der Waals surface area contributed by atoms with Crippen molar-refractivity contribution in [1.82, 2.24) is 9.78 Å². The quantitative estimate of drug-likeness (QED) is 0.907. The van der Waals surface area contributed by atoms with Gasteiger partial charge in [0, 0.05) is 20.1 Å². The lowest BCUT2D eigenvalue weighted by Gasteiger charge is -2.30. The molecule has 104 valence electrons. The van der Waals surface area contributed by atoms with Crippen molar-refractivity contribution < 1.29 is 9.90 Å². The Labute approximate surface area is 117 Å². The zero-order valence-corrected chi connectivity index (χ0v) is 11.6. The fourth-order valence-electron chi connectivity index (χ4n) is 2.94. The summed E-state index contributed by atoms with van der Waals surface area (Å²) in [5, 5.41) is 13.7. The Balaban J connectivity index is 2.02.